The second kappa shape index (κ2) is 5.58. The Kier molecular flexibility index (Phi) is 4.39. The number of azide groups is 1. The molecule has 2 unspecified atom stereocenters. The summed E-state index contributed by atoms with van der Waals surface area (Å²) in [5.74, 6) is -0.427. The predicted octanol–water partition coefficient (Wildman–Crippen LogP) is 1.10. The van der Waals surface area contributed by atoms with E-state index in [9.17, 15) is 9.90 Å². The summed E-state index contributed by atoms with van der Waals surface area (Å²) in [5.41, 5.74) is 8.30. The standard InChI is InChI=1S/C9H16N4O2/c1-2-3-7(12-13-10)8(14)9(15)11-6-4-5-6/h6-8,14H,2-5H2,1H3,(H,11,15). The van der Waals surface area contributed by atoms with E-state index in [4.69, 9.17) is 5.53 Å². The van der Waals surface area contributed by atoms with Crippen molar-refractivity contribution in [1.29, 1.82) is 0 Å². The van der Waals surface area contributed by atoms with Gasteiger partial charge in [-0.1, -0.05) is 18.5 Å². The minimum atomic E-state index is -1.22. The van der Waals surface area contributed by atoms with Crippen LogP contribution in [-0.2, 0) is 4.79 Å². The zero-order chi connectivity index (χ0) is 11.3. The summed E-state index contributed by atoms with van der Waals surface area (Å²) in [6.07, 6.45) is 2.00. The van der Waals surface area contributed by atoms with Crippen molar-refractivity contribution in [2.75, 3.05) is 0 Å². The number of nitrogens with zero attached hydrogens (tertiary/aromatic N) is 3. The predicted molar refractivity (Wildman–Crippen MR) is 55.0 cm³/mol. The van der Waals surface area contributed by atoms with Gasteiger partial charge in [0.05, 0.1) is 6.04 Å². The Balaban J connectivity index is 2.48. The molecule has 0 heterocycles. The first-order chi connectivity index (χ1) is 7.19. The number of carbonyl (C=O) groups is 1. The van der Waals surface area contributed by atoms with E-state index in [2.05, 4.69) is 15.3 Å². The van der Waals surface area contributed by atoms with Gasteiger partial charge in [-0.25, -0.2) is 0 Å². The zero-order valence-corrected chi connectivity index (χ0v) is 8.76. The summed E-state index contributed by atoms with van der Waals surface area (Å²) in [6.45, 7) is 1.91. The Morgan fingerprint density at radius 2 is 2.40 bits per heavy atom. The molecule has 1 amide bonds. The molecule has 1 saturated carbocycles. The molecule has 1 aliphatic carbocycles. The molecule has 0 radical (unpaired) electrons. The summed E-state index contributed by atoms with van der Waals surface area (Å²) < 4.78 is 0. The number of rotatable bonds is 6. The first-order valence-corrected chi connectivity index (χ1v) is 5.21. The highest BCUT2D eigenvalue weighted by atomic mass is 16.3. The van der Waals surface area contributed by atoms with Crippen molar-refractivity contribution in [2.24, 2.45) is 5.11 Å². The van der Waals surface area contributed by atoms with Gasteiger partial charge in [-0.15, -0.1) is 0 Å². The van der Waals surface area contributed by atoms with E-state index in [1.54, 1.807) is 0 Å². The number of nitrogens with one attached hydrogen (secondary N) is 1. The van der Waals surface area contributed by atoms with Gasteiger partial charge in [0.2, 0.25) is 5.91 Å². The number of carbonyl (C=O) groups excluding carboxylic acids is 1. The van der Waals surface area contributed by atoms with Gasteiger partial charge in [-0.3, -0.25) is 4.79 Å². The van der Waals surface area contributed by atoms with Crippen molar-refractivity contribution in [1.82, 2.24) is 5.32 Å². The van der Waals surface area contributed by atoms with Gasteiger partial charge in [0.15, 0.2) is 0 Å². The first-order valence-electron chi connectivity index (χ1n) is 5.21. The molecule has 6 nitrogen and oxygen atoms in total. The summed E-state index contributed by atoms with van der Waals surface area (Å²) in [4.78, 5) is 14.1. The normalized spacial score (nSPS) is 18.8. The van der Waals surface area contributed by atoms with Crippen molar-refractivity contribution >= 4 is 5.91 Å². The lowest BCUT2D eigenvalue weighted by Gasteiger charge is -2.16. The Morgan fingerprint density at radius 3 is 2.87 bits per heavy atom. The van der Waals surface area contributed by atoms with Crippen LogP contribution in [0, 0.1) is 0 Å². The quantitative estimate of drug-likeness (QED) is 0.391. The second-order valence-corrected chi connectivity index (χ2v) is 3.79. The highest BCUT2D eigenvalue weighted by Gasteiger charge is 2.30. The van der Waals surface area contributed by atoms with Crippen LogP contribution in [0.25, 0.3) is 10.4 Å². The molecule has 84 valence electrons. The fourth-order valence-electron chi connectivity index (χ4n) is 1.33. The van der Waals surface area contributed by atoms with Gasteiger partial charge in [-0.2, -0.15) is 0 Å². The molecule has 0 spiro atoms. The molecular weight excluding hydrogens is 196 g/mol. The highest BCUT2D eigenvalue weighted by Crippen LogP contribution is 2.19. The van der Waals surface area contributed by atoms with Crippen LogP contribution < -0.4 is 5.32 Å². The second-order valence-electron chi connectivity index (χ2n) is 3.79. The Labute approximate surface area is 88.3 Å². The average Bonchev–Trinajstić information content (AvgIpc) is 3.00. The van der Waals surface area contributed by atoms with E-state index in [1.165, 1.54) is 0 Å². The number of amides is 1. The van der Waals surface area contributed by atoms with E-state index in [1.807, 2.05) is 6.92 Å². The fourth-order valence-corrected chi connectivity index (χ4v) is 1.33. The van der Waals surface area contributed by atoms with Gasteiger partial charge in [0, 0.05) is 11.0 Å². The summed E-state index contributed by atoms with van der Waals surface area (Å²) in [7, 11) is 0. The summed E-state index contributed by atoms with van der Waals surface area (Å²) >= 11 is 0. The third-order valence-corrected chi connectivity index (χ3v) is 2.34. The molecule has 0 aromatic carbocycles. The van der Waals surface area contributed by atoms with Gasteiger partial charge in [0.25, 0.3) is 0 Å². The fraction of sp³-hybridized carbons (Fsp3) is 0.889. The summed E-state index contributed by atoms with van der Waals surface area (Å²) in [5, 5.41) is 15.8. The smallest absolute Gasteiger partial charge is 0.249 e. The van der Waals surface area contributed by atoms with Gasteiger partial charge >= 0.3 is 0 Å². The topological polar surface area (TPSA) is 98.1 Å². The minimum Gasteiger partial charge on any atom is -0.383 e. The van der Waals surface area contributed by atoms with Crippen molar-refractivity contribution in [3.8, 4) is 0 Å². The van der Waals surface area contributed by atoms with Crippen LogP contribution in [0.2, 0.25) is 0 Å². The molecule has 0 saturated heterocycles. The van der Waals surface area contributed by atoms with E-state index in [-0.39, 0.29) is 6.04 Å². The van der Waals surface area contributed by atoms with Crippen LogP contribution in [0.15, 0.2) is 5.11 Å². The van der Waals surface area contributed by atoms with Crippen molar-refractivity contribution in [3.63, 3.8) is 0 Å². The maximum absolute atomic E-state index is 11.4. The molecule has 1 aliphatic rings. The molecule has 1 rings (SSSR count). The van der Waals surface area contributed by atoms with Gasteiger partial charge in [0.1, 0.15) is 6.10 Å². The van der Waals surface area contributed by atoms with Gasteiger partial charge < -0.3 is 10.4 Å². The lowest BCUT2D eigenvalue weighted by atomic mass is 10.1. The molecule has 0 aromatic heterocycles. The van der Waals surface area contributed by atoms with Crippen LogP contribution in [0.4, 0.5) is 0 Å². The Morgan fingerprint density at radius 1 is 1.73 bits per heavy atom. The lowest BCUT2D eigenvalue weighted by molar-refractivity contribution is -0.130. The third-order valence-electron chi connectivity index (χ3n) is 2.34. The summed E-state index contributed by atoms with van der Waals surface area (Å²) in [6, 6.07) is -0.445. The molecular formula is C9H16N4O2. The molecule has 6 heteroatoms. The largest absolute Gasteiger partial charge is 0.383 e. The zero-order valence-electron chi connectivity index (χ0n) is 8.76. The number of aliphatic hydroxyl groups excluding tert-OH is 1. The Bertz CT molecular complexity index is 271. The van der Waals surface area contributed by atoms with Crippen LogP contribution in [-0.4, -0.2) is 29.2 Å². The van der Waals surface area contributed by atoms with E-state index in [0.717, 1.165) is 19.3 Å². The number of hydrogen-bond donors (Lipinski definition) is 2. The number of aliphatic hydroxyl groups is 1. The van der Waals surface area contributed by atoms with Crippen molar-refractivity contribution < 1.29 is 9.90 Å². The SMILES string of the molecule is CCCC(N=[N+]=[N-])C(O)C(=O)NC1CC1. The molecule has 2 N–H and O–H groups in total. The van der Waals surface area contributed by atoms with E-state index in [0.29, 0.717) is 6.42 Å². The van der Waals surface area contributed by atoms with Crippen LogP contribution >= 0.6 is 0 Å². The van der Waals surface area contributed by atoms with Crippen LogP contribution in [0.5, 0.6) is 0 Å². The van der Waals surface area contributed by atoms with Crippen molar-refractivity contribution in [2.45, 2.75) is 50.8 Å². The molecule has 1 fully saturated rings. The lowest BCUT2D eigenvalue weighted by Crippen LogP contribution is -2.42. The van der Waals surface area contributed by atoms with E-state index < -0.39 is 18.1 Å². The molecule has 2 atom stereocenters. The maximum atomic E-state index is 11.4. The maximum Gasteiger partial charge on any atom is 0.249 e. The highest BCUT2D eigenvalue weighted by molar-refractivity contribution is 5.81. The number of hydrogen-bond acceptors (Lipinski definition) is 3. The Hall–Kier alpha value is -1.26. The average molecular weight is 212 g/mol. The minimum absolute atomic E-state index is 0.209. The third kappa shape index (κ3) is 3.77. The van der Waals surface area contributed by atoms with Crippen LogP contribution in [0.1, 0.15) is 32.6 Å². The molecule has 0 aliphatic heterocycles. The molecule has 0 bridgehead atoms. The van der Waals surface area contributed by atoms with Gasteiger partial charge in [-0.05, 0) is 24.8 Å². The molecule has 0 aromatic rings. The molecule has 15 heavy (non-hydrogen) atoms. The monoisotopic (exact) mass is 212 g/mol. The van der Waals surface area contributed by atoms with Crippen LogP contribution in [0.3, 0.4) is 0 Å². The van der Waals surface area contributed by atoms with Crippen molar-refractivity contribution in [3.05, 3.63) is 10.4 Å². The van der Waals surface area contributed by atoms with E-state index >= 15 is 0 Å². The first kappa shape index (κ1) is 11.8.